The predicted molar refractivity (Wildman–Crippen MR) is 72.0 cm³/mol. The van der Waals surface area contributed by atoms with E-state index in [2.05, 4.69) is 21.0 Å². The fourth-order valence-corrected chi connectivity index (χ4v) is 1.88. The summed E-state index contributed by atoms with van der Waals surface area (Å²) < 4.78 is 7.75. The number of rotatable bonds is 3. The van der Waals surface area contributed by atoms with E-state index >= 15 is 0 Å². The lowest BCUT2D eigenvalue weighted by Gasteiger charge is -2.06. The SMILES string of the molecule is Cc1cc(C)n(C(=O)COc2ccc(Br)cc2)n1. The van der Waals surface area contributed by atoms with Crippen molar-refractivity contribution >= 4 is 21.8 Å². The zero-order valence-electron chi connectivity index (χ0n) is 10.2. The lowest BCUT2D eigenvalue weighted by Crippen LogP contribution is -2.21. The number of hydrogen-bond acceptors (Lipinski definition) is 3. The summed E-state index contributed by atoms with van der Waals surface area (Å²) >= 11 is 3.34. The van der Waals surface area contributed by atoms with Crippen molar-refractivity contribution in [1.29, 1.82) is 0 Å². The highest BCUT2D eigenvalue weighted by atomic mass is 79.9. The summed E-state index contributed by atoms with van der Waals surface area (Å²) in [5.74, 6) is 0.483. The molecule has 1 aromatic heterocycles. The Morgan fingerprint density at radius 3 is 2.56 bits per heavy atom. The molecule has 0 atom stereocenters. The Bertz CT molecular complexity index is 561. The highest BCUT2D eigenvalue weighted by Crippen LogP contribution is 2.16. The minimum Gasteiger partial charge on any atom is -0.484 e. The van der Waals surface area contributed by atoms with Gasteiger partial charge in [0.05, 0.1) is 5.69 Å². The van der Waals surface area contributed by atoms with E-state index in [0.29, 0.717) is 5.75 Å². The second kappa shape index (κ2) is 5.35. The van der Waals surface area contributed by atoms with E-state index in [0.717, 1.165) is 15.9 Å². The summed E-state index contributed by atoms with van der Waals surface area (Å²) in [5.41, 5.74) is 1.64. The number of ether oxygens (including phenoxy) is 1. The van der Waals surface area contributed by atoms with Gasteiger partial charge >= 0.3 is 0 Å². The summed E-state index contributed by atoms with van der Waals surface area (Å²) in [6.07, 6.45) is 0. The lowest BCUT2D eigenvalue weighted by molar-refractivity contribution is 0.0818. The first-order chi connectivity index (χ1) is 8.56. The molecule has 1 aromatic carbocycles. The van der Waals surface area contributed by atoms with Crippen molar-refractivity contribution < 1.29 is 9.53 Å². The monoisotopic (exact) mass is 308 g/mol. The molecule has 0 aliphatic heterocycles. The Labute approximate surface area is 114 Å². The van der Waals surface area contributed by atoms with Crippen LogP contribution in [0.2, 0.25) is 0 Å². The van der Waals surface area contributed by atoms with Crippen LogP contribution in [-0.4, -0.2) is 22.3 Å². The zero-order valence-corrected chi connectivity index (χ0v) is 11.8. The Kier molecular flexibility index (Phi) is 3.81. The normalized spacial score (nSPS) is 10.4. The molecular formula is C13H13BrN2O2. The smallest absolute Gasteiger partial charge is 0.284 e. The van der Waals surface area contributed by atoms with Crippen LogP contribution in [0.3, 0.4) is 0 Å². The molecule has 18 heavy (non-hydrogen) atoms. The molecule has 0 aliphatic carbocycles. The maximum atomic E-state index is 11.9. The van der Waals surface area contributed by atoms with Crippen molar-refractivity contribution in [3.63, 3.8) is 0 Å². The topological polar surface area (TPSA) is 44.1 Å². The number of carbonyl (C=O) groups is 1. The molecule has 0 spiro atoms. The number of aromatic nitrogens is 2. The Hall–Kier alpha value is -1.62. The summed E-state index contributed by atoms with van der Waals surface area (Å²) in [6, 6.07) is 9.20. The van der Waals surface area contributed by atoms with E-state index in [4.69, 9.17) is 4.74 Å². The van der Waals surface area contributed by atoms with Crippen LogP contribution in [0, 0.1) is 13.8 Å². The van der Waals surface area contributed by atoms with Gasteiger partial charge < -0.3 is 4.74 Å². The summed E-state index contributed by atoms with van der Waals surface area (Å²) in [4.78, 5) is 11.9. The summed E-state index contributed by atoms with van der Waals surface area (Å²) in [6.45, 7) is 3.67. The van der Waals surface area contributed by atoms with Gasteiger partial charge in [0.15, 0.2) is 6.61 Å². The molecular weight excluding hydrogens is 296 g/mol. The van der Waals surface area contributed by atoms with E-state index in [1.165, 1.54) is 4.68 Å². The van der Waals surface area contributed by atoms with Crippen molar-refractivity contribution in [2.45, 2.75) is 13.8 Å². The molecule has 94 valence electrons. The highest BCUT2D eigenvalue weighted by Gasteiger charge is 2.10. The van der Waals surface area contributed by atoms with Gasteiger partial charge in [-0.2, -0.15) is 5.10 Å². The molecule has 0 N–H and O–H groups in total. The largest absolute Gasteiger partial charge is 0.484 e. The third kappa shape index (κ3) is 2.98. The molecule has 5 heteroatoms. The van der Waals surface area contributed by atoms with Crippen LogP contribution in [0.15, 0.2) is 34.8 Å². The zero-order chi connectivity index (χ0) is 13.1. The highest BCUT2D eigenvalue weighted by molar-refractivity contribution is 9.10. The number of aryl methyl sites for hydroxylation is 2. The van der Waals surface area contributed by atoms with E-state index in [9.17, 15) is 4.79 Å². The van der Waals surface area contributed by atoms with Crippen LogP contribution in [0.1, 0.15) is 16.2 Å². The molecule has 0 unspecified atom stereocenters. The lowest BCUT2D eigenvalue weighted by atomic mass is 10.3. The number of nitrogens with zero attached hydrogens (tertiary/aromatic N) is 2. The van der Waals surface area contributed by atoms with Gasteiger partial charge in [0.1, 0.15) is 5.75 Å². The molecule has 2 aromatic rings. The number of carbonyl (C=O) groups excluding carboxylic acids is 1. The first-order valence-corrected chi connectivity index (χ1v) is 6.30. The molecule has 0 saturated carbocycles. The molecule has 1 heterocycles. The molecule has 0 aliphatic rings. The van der Waals surface area contributed by atoms with Gasteiger partial charge in [0.25, 0.3) is 5.91 Å². The third-order valence-electron chi connectivity index (χ3n) is 2.42. The average molecular weight is 309 g/mol. The standard InChI is InChI=1S/C13H13BrN2O2/c1-9-7-10(2)16(15-9)13(17)8-18-12-5-3-11(14)4-6-12/h3-7H,8H2,1-2H3. The summed E-state index contributed by atoms with van der Waals surface area (Å²) in [7, 11) is 0. The van der Waals surface area contributed by atoms with Gasteiger partial charge in [-0.05, 0) is 44.2 Å². The fourth-order valence-electron chi connectivity index (χ4n) is 1.62. The quantitative estimate of drug-likeness (QED) is 0.875. The van der Waals surface area contributed by atoms with E-state index in [1.807, 2.05) is 32.0 Å². The van der Waals surface area contributed by atoms with Gasteiger partial charge in [-0.1, -0.05) is 15.9 Å². The molecule has 4 nitrogen and oxygen atoms in total. The van der Waals surface area contributed by atoms with Crippen molar-refractivity contribution in [3.05, 3.63) is 46.2 Å². The first kappa shape index (κ1) is 12.8. The van der Waals surface area contributed by atoms with Gasteiger partial charge in [-0.3, -0.25) is 4.79 Å². The molecule has 0 bridgehead atoms. The molecule has 0 saturated heterocycles. The second-order valence-electron chi connectivity index (χ2n) is 3.98. The van der Waals surface area contributed by atoms with Crippen molar-refractivity contribution in [1.82, 2.24) is 9.78 Å². The van der Waals surface area contributed by atoms with Gasteiger partial charge in [-0.25, -0.2) is 4.68 Å². The van der Waals surface area contributed by atoms with Crippen LogP contribution in [0.4, 0.5) is 0 Å². The van der Waals surface area contributed by atoms with Crippen LogP contribution in [0.5, 0.6) is 5.75 Å². The molecule has 2 rings (SSSR count). The minimum absolute atomic E-state index is 0.0242. The van der Waals surface area contributed by atoms with E-state index < -0.39 is 0 Å². The fraction of sp³-hybridized carbons (Fsp3) is 0.231. The van der Waals surface area contributed by atoms with Gasteiger partial charge in [-0.15, -0.1) is 0 Å². The van der Waals surface area contributed by atoms with Gasteiger partial charge in [0.2, 0.25) is 0 Å². The predicted octanol–water partition coefficient (Wildman–Crippen LogP) is 2.98. The third-order valence-corrected chi connectivity index (χ3v) is 2.95. The second-order valence-corrected chi connectivity index (χ2v) is 4.89. The first-order valence-electron chi connectivity index (χ1n) is 5.51. The van der Waals surface area contributed by atoms with Crippen LogP contribution in [-0.2, 0) is 0 Å². The van der Waals surface area contributed by atoms with E-state index in [1.54, 1.807) is 12.1 Å². The maximum Gasteiger partial charge on any atom is 0.284 e. The number of hydrogen-bond donors (Lipinski definition) is 0. The van der Waals surface area contributed by atoms with Crippen molar-refractivity contribution in [2.24, 2.45) is 0 Å². The molecule has 0 radical (unpaired) electrons. The van der Waals surface area contributed by atoms with Gasteiger partial charge in [0, 0.05) is 10.2 Å². The van der Waals surface area contributed by atoms with Crippen LogP contribution >= 0.6 is 15.9 Å². The minimum atomic E-state index is -0.177. The van der Waals surface area contributed by atoms with Crippen molar-refractivity contribution in [3.8, 4) is 5.75 Å². The molecule has 0 amide bonds. The Morgan fingerprint density at radius 2 is 2.00 bits per heavy atom. The summed E-state index contributed by atoms with van der Waals surface area (Å²) in [5, 5.41) is 4.12. The van der Waals surface area contributed by atoms with Crippen molar-refractivity contribution in [2.75, 3.05) is 6.61 Å². The number of benzene rings is 1. The molecule has 0 fully saturated rings. The number of halogens is 1. The van der Waals surface area contributed by atoms with Crippen LogP contribution in [0.25, 0.3) is 0 Å². The maximum absolute atomic E-state index is 11.9. The average Bonchev–Trinajstić information content (AvgIpc) is 2.67. The van der Waals surface area contributed by atoms with Crippen LogP contribution < -0.4 is 4.74 Å². The Balaban J connectivity index is 2.00. The van der Waals surface area contributed by atoms with E-state index in [-0.39, 0.29) is 12.5 Å². The Morgan fingerprint density at radius 1 is 1.33 bits per heavy atom.